The fraction of sp³-hybridized carbons (Fsp3) is 0.875. The Kier molecular flexibility index (Phi) is 5.00. The van der Waals surface area contributed by atoms with Crippen LogP contribution in [0.1, 0.15) is 19.8 Å². The van der Waals surface area contributed by atoms with Gasteiger partial charge in [0.05, 0.1) is 0 Å². The van der Waals surface area contributed by atoms with E-state index in [9.17, 15) is 0 Å². The lowest BCUT2D eigenvalue weighted by Crippen LogP contribution is -2.29. The van der Waals surface area contributed by atoms with Gasteiger partial charge in [-0.25, -0.2) is 0 Å². The van der Waals surface area contributed by atoms with Crippen LogP contribution in [0.3, 0.4) is 0 Å². The molecule has 0 aliphatic carbocycles. The molecule has 0 bridgehead atoms. The molecule has 2 heteroatoms. The normalized spacial score (nSPS) is 12.0. The van der Waals surface area contributed by atoms with Gasteiger partial charge in [0.2, 0.25) is 0 Å². The molecule has 0 unspecified atom stereocenters. The van der Waals surface area contributed by atoms with Crippen LogP contribution in [-0.2, 0) is 4.43 Å². The van der Waals surface area contributed by atoms with Crippen molar-refractivity contribution in [2.75, 3.05) is 6.61 Å². The molecule has 0 N–H and O–H groups in total. The Morgan fingerprint density at radius 1 is 1.40 bits per heavy atom. The molecule has 0 amide bonds. The molecule has 0 saturated heterocycles. The zero-order valence-corrected chi connectivity index (χ0v) is 8.44. The maximum absolute atomic E-state index is 5.64. The Hall–Kier alpha value is 0.177. The standard InChI is InChI=1S/C8H19OSi/c1-5-7-8-10(3,4)9-6-2/h1,5-8H2,2-4H3. The third-order valence-electron chi connectivity index (χ3n) is 1.56. The largest absolute Gasteiger partial charge is 0.418 e. The molecular weight excluding hydrogens is 140 g/mol. The average molecular weight is 159 g/mol. The van der Waals surface area contributed by atoms with E-state index in [1.54, 1.807) is 0 Å². The SMILES string of the molecule is [CH2]CCC[Si](C)(C)OCC. The van der Waals surface area contributed by atoms with Crippen molar-refractivity contribution in [3.63, 3.8) is 0 Å². The van der Waals surface area contributed by atoms with Gasteiger partial charge >= 0.3 is 0 Å². The third-order valence-corrected chi connectivity index (χ3v) is 4.19. The summed E-state index contributed by atoms with van der Waals surface area (Å²) < 4.78 is 5.64. The highest BCUT2D eigenvalue weighted by molar-refractivity contribution is 6.71. The Bertz CT molecular complexity index is 81.3. The van der Waals surface area contributed by atoms with Gasteiger partial charge in [-0.05, 0) is 26.1 Å². The van der Waals surface area contributed by atoms with Gasteiger partial charge in [0, 0.05) is 6.61 Å². The summed E-state index contributed by atoms with van der Waals surface area (Å²) in [6, 6.07) is 1.25. The Morgan fingerprint density at radius 3 is 2.40 bits per heavy atom. The molecular formula is C8H19OSi. The highest BCUT2D eigenvalue weighted by atomic mass is 28.4. The fourth-order valence-electron chi connectivity index (χ4n) is 1.01. The van der Waals surface area contributed by atoms with E-state index in [4.69, 9.17) is 4.43 Å². The smallest absolute Gasteiger partial charge is 0.186 e. The first kappa shape index (κ1) is 10.2. The highest BCUT2D eigenvalue weighted by Gasteiger charge is 2.19. The second-order valence-corrected chi connectivity index (χ2v) is 7.46. The van der Waals surface area contributed by atoms with Crippen LogP contribution < -0.4 is 0 Å². The van der Waals surface area contributed by atoms with Crippen LogP contribution in [0, 0.1) is 6.92 Å². The van der Waals surface area contributed by atoms with Gasteiger partial charge in [0.15, 0.2) is 8.32 Å². The predicted molar refractivity (Wildman–Crippen MR) is 48.5 cm³/mol. The van der Waals surface area contributed by atoms with Gasteiger partial charge in [-0.3, -0.25) is 0 Å². The molecule has 0 spiro atoms. The van der Waals surface area contributed by atoms with E-state index < -0.39 is 8.32 Å². The summed E-state index contributed by atoms with van der Waals surface area (Å²) in [5.41, 5.74) is 0. The molecule has 0 aliphatic heterocycles. The molecule has 0 heterocycles. The molecule has 0 aromatic carbocycles. The van der Waals surface area contributed by atoms with Gasteiger partial charge in [-0.1, -0.05) is 19.8 Å². The van der Waals surface area contributed by atoms with Crippen molar-refractivity contribution in [2.24, 2.45) is 0 Å². The highest BCUT2D eigenvalue weighted by Crippen LogP contribution is 2.14. The minimum absolute atomic E-state index is 0.871. The lowest BCUT2D eigenvalue weighted by Gasteiger charge is -2.21. The summed E-state index contributed by atoms with van der Waals surface area (Å²) in [7, 11) is -1.26. The van der Waals surface area contributed by atoms with Crippen molar-refractivity contribution in [2.45, 2.75) is 38.9 Å². The number of hydrogen-bond acceptors (Lipinski definition) is 1. The molecule has 0 aromatic heterocycles. The van der Waals surface area contributed by atoms with E-state index in [0.29, 0.717) is 0 Å². The summed E-state index contributed by atoms with van der Waals surface area (Å²) >= 11 is 0. The van der Waals surface area contributed by atoms with Crippen molar-refractivity contribution in [1.29, 1.82) is 0 Å². The Morgan fingerprint density at radius 2 is 2.00 bits per heavy atom. The van der Waals surface area contributed by atoms with Crippen molar-refractivity contribution >= 4 is 8.32 Å². The Labute approximate surface area is 65.9 Å². The summed E-state index contributed by atoms with van der Waals surface area (Å²) in [6.45, 7) is 11.3. The fourth-order valence-corrected chi connectivity index (χ4v) is 3.04. The first-order valence-electron chi connectivity index (χ1n) is 4.05. The molecule has 0 saturated carbocycles. The maximum atomic E-state index is 5.64. The molecule has 61 valence electrons. The van der Waals surface area contributed by atoms with Gasteiger partial charge in [0.1, 0.15) is 0 Å². The summed E-state index contributed by atoms with van der Waals surface area (Å²) in [5.74, 6) is 0. The van der Waals surface area contributed by atoms with E-state index in [-0.39, 0.29) is 0 Å². The zero-order chi connectivity index (χ0) is 8.04. The van der Waals surface area contributed by atoms with Gasteiger partial charge in [-0.15, -0.1) is 0 Å². The van der Waals surface area contributed by atoms with Crippen molar-refractivity contribution in [3.8, 4) is 0 Å². The van der Waals surface area contributed by atoms with Gasteiger partial charge in [-0.2, -0.15) is 0 Å². The van der Waals surface area contributed by atoms with E-state index >= 15 is 0 Å². The van der Waals surface area contributed by atoms with E-state index in [2.05, 4.69) is 26.9 Å². The zero-order valence-electron chi connectivity index (χ0n) is 7.44. The number of unbranched alkanes of at least 4 members (excludes halogenated alkanes) is 1. The van der Waals surface area contributed by atoms with Crippen LogP contribution in [-0.4, -0.2) is 14.9 Å². The molecule has 0 aliphatic rings. The summed E-state index contributed by atoms with van der Waals surface area (Å²) in [6.07, 6.45) is 2.27. The maximum Gasteiger partial charge on any atom is 0.186 e. The van der Waals surface area contributed by atoms with Gasteiger partial charge in [0.25, 0.3) is 0 Å². The number of hydrogen-bond donors (Lipinski definition) is 0. The topological polar surface area (TPSA) is 9.23 Å². The molecule has 0 aromatic rings. The van der Waals surface area contributed by atoms with Crippen molar-refractivity contribution in [1.82, 2.24) is 0 Å². The predicted octanol–water partition coefficient (Wildman–Crippen LogP) is 2.84. The Balaban J connectivity index is 3.42. The molecule has 1 radical (unpaired) electrons. The minimum Gasteiger partial charge on any atom is -0.418 e. The van der Waals surface area contributed by atoms with Crippen LogP contribution in [0.2, 0.25) is 19.1 Å². The number of rotatable bonds is 5. The molecule has 10 heavy (non-hydrogen) atoms. The first-order valence-corrected chi connectivity index (χ1v) is 7.17. The van der Waals surface area contributed by atoms with Crippen molar-refractivity contribution < 1.29 is 4.43 Å². The second kappa shape index (κ2) is 4.91. The van der Waals surface area contributed by atoms with Crippen molar-refractivity contribution in [3.05, 3.63) is 6.92 Å². The second-order valence-electron chi connectivity index (χ2n) is 3.15. The monoisotopic (exact) mass is 159 g/mol. The first-order chi connectivity index (χ1) is 4.62. The third kappa shape index (κ3) is 5.00. The lowest BCUT2D eigenvalue weighted by molar-refractivity contribution is 0.328. The lowest BCUT2D eigenvalue weighted by atomic mass is 10.4. The summed E-state index contributed by atoms with van der Waals surface area (Å²) in [4.78, 5) is 0. The molecule has 0 atom stereocenters. The molecule has 1 nitrogen and oxygen atoms in total. The van der Waals surface area contributed by atoms with Crippen LogP contribution in [0.5, 0.6) is 0 Å². The van der Waals surface area contributed by atoms with E-state index in [1.807, 2.05) is 0 Å². The molecule has 0 fully saturated rings. The van der Waals surface area contributed by atoms with E-state index in [0.717, 1.165) is 13.0 Å². The summed E-state index contributed by atoms with van der Waals surface area (Å²) in [5, 5.41) is 0. The quantitative estimate of drug-likeness (QED) is 0.560. The molecule has 0 rings (SSSR count). The average Bonchev–Trinajstić information content (AvgIpc) is 1.84. The van der Waals surface area contributed by atoms with Crippen LogP contribution >= 0.6 is 0 Å². The van der Waals surface area contributed by atoms with Crippen LogP contribution in [0.4, 0.5) is 0 Å². The van der Waals surface area contributed by atoms with Crippen LogP contribution in [0.15, 0.2) is 0 Å². The van der Waals surface area contributed by atoms with Crippen LogP contribution in [0.25, 0.3) is 0 Å². The minimum atomic E-state index is -1.26. The van der Waals surface area contributed by atoms with E-state index in [1.165, 1.54) is 12.5 Å². The van der Waals surface area contributed by atoms with Gasteiger partial charge < -0.3 is 4.43 Å².